The number of aliphatic hydroxyl groups excluding tert-OH is 6. The highest BCUT2D eigenvalue weighted by Crippen LogP contribution is 2.47. The fourth-order valence-corrected chi connectivity index (χ4v) is 10.00. The Kier molecular flexibility index (Phi) is 39.6. The number of amides is 1. The van der Waals surface area contributed by atoms with Gasteiger partial charge < -0.3 is 40.8 Å². The molecule has 0 aliphatic heterocycles. The normalized spacial score (nSPS) is 22.1. The molecular weight excluding hydrogens is 834 g/mol. The molecule has 12 nitrogen and oxygen atoms in total. The molecule has 382 valence electrons. The van der Waals surface area contributed by atoms with Crippen LogP contribution in [0.15, 0.2) is 0 Å². The van der Waals surface area contributed by atoms with Crippen LogP contribution >= 0.6 is 7.82 Å². The number of phosphoric ester groups is 1. The lowest BCUT2D eigenvalue weighted by Gasteiger charge is -2.41. The Morgan fingerprint density at radius 1 is 0.469 bits per heavy atom. The molecule has 9 atom stereocenters. The molecule has 1 rings (SSSR count). The van der Waals surface area contributed by atoms with Gasteiger partial charge in [-0.25, -0.2) is 4.57 Å². The molecule has 0 aromatic heterocycles. The van der Waals surface area contributed by atoms with Gasteiger partial charge in [0.2, 0.25) is 5.91 Å². The second kappa shape index (κ2) is 41.3. The third-order valence-corrected chi connectivity index (χ3v) is 14.4. The highest BCUT2D eigenvalue weighted by atomic mass is 31.2. The molecule has 0 aromatic rings. The molecule has 0 heterocycles. The molecule has 0 aromatic carbocycles. The molecule has 8 N–H and O–H groups in total. The van der Waals surface area contributed by atoms with Crippen molar-refractivity contribution >= 4 is 13.7 Å². The van der Waals surface area contributed by atoms with Gasteiger partial charge in [0.1, 0.15) is 36.6 Å². The third kappa shape index (κ3) is 32.2. The van der Waals surface area contributed by atoms with E-state index in [0.717, 1.165) is 38.5 Å². The van der Waals surface area contributed by atoms with Crippen LogP contribution in [0.1, 0.15) is 264 Å². The maximum atomic E-state index is 13.0. The molecule has 0 bridgehead atoms. The van der Waals surface area contributed by atoms with Crippen molar-refractivity contribution in [3.05, 3.63) is 0 Å². The standard InChI is InChI=1S/C51H102NO11P/c1-3-5-7-9-11-13-15-17-19-20-21-22-23-24-25-26-27-29-31-33-35-37-39-41-45(54)52-43(42-62-64(60,61)63-51-49(58)47(56)46(55)48(57)50(51)59)44(53)40-38-36-34-32-30-28-18-16-14-12-10-8-6-4-2/h43-44,46-51,53,55-59H,3-42H2,1-2H3,(H,52,54)(H,60,61)/t43-,44+,46?,47+,48?,49?,50?,51?/m0/s1. The van der Waals surface area contributed by atoms with Crippen molar-refractivity contribution in [1.82, 2.24) is 5.32 Å². The SMILES string of the molecule is CCCCCCCCCCCCCCCCCCCCCCCCCC(=O)N[C@@H](COP(=O)(O)OC1C(O)C(O)C(O)[C@@H](O)C1O)[C@H](O)CCCCCCCCCCCCCCCC. The van der Waals surface area contributed by atoms with Gasteiger partial charge in [-0.3, -0.25) is 13.8 Å². The number of carbonyl (C=O) groups is 1. The van der Waals surface area contributed by atoms with Crippen LogP contribution in [0.25, 0.3) is 0 Å². The van der Waals surface area contributed by atoms with Gasteiger partial charge >= 0.3 is 7.82 Å². The van der Waals surface area contributed by atoms with Gasteiger partial charge in [0.25, 0.3) is 0 Å². The van der Waals surface area contributed by atoms with E-state index in [0.29, 0.717) is 19.3 Å². The minimum absolute atomic E-state index is 0.243. The summed E-state index contributed by atoms with van der Waals surface area (Å²) in [4.78, 5) is 23.5. The van der Waals surface area contributed by atoms with Crippen LogP contribution in [0.3, 0.4) is 0 Å². The summed E-state index contributed by atoms with van der Waals surface area (Å²) in [5.74, 6) is -0.302. The Morgan fingerprint density at radius 2 is 0.750 bits per heavy atom. The van der Waals surface area contributed by atoms with Crippen LogP contribution in [-0.4, -0.2) is 96.8 Å². The van der Waals surface area contributed by atoms with E-state index >= 15 is 0 Å². The Morgan fingerprint density at radius 3 is 1.08 bits per heavy atom. The smallest absolute Gasteiger partial charge is 0.391 e. The number of hydrogen-bond donors (Lipinski definition) is 8. The number of rotatable bonds is 46. The Labute approximate surface area is 391 Å². The minimum Gasteiger partial charge on any atom is -0.391 e. The van der Waals surface area contributed by atoms with Gasteiger partial charge in [-0.15, -0.1) is 0 Å². The summed E-state index contributed by atoms with van der Waals surface area (Å²) in [5, 5.41) is 64.3. The minimum atomic E-state index is -5.05. The molecule has 1 amide bonds. The molecule has 0 radical (unpaired) electrons. The van der Waals surface area contributed by atoms with E-state index in [4.69, 9.17) is 9.05 Å². The molecule has 13 heteroatoms. The quantitative estimate of drug-likeness (QED) is 0.0213. The maximum Gasteiger partial charge on any atom is 0.472 e. The summed E-state index contributed by atoms with van der Waals surface area (Å²) in [6.45, 7) is 3.93. The first-order chi connectivity index (χ1) is 30.9. The zero-order valence-corrected chi connectivity index (χ0v) is 42.0. The van der Waals surface area contributed by atoms with Gasteiger partial charge in [-0.1, -0.05) is 245 Å². The summed E-state index contributed by atoms with van der Waals surface area (Å²) in [6, 6.07) is -1.03. The van der Waals surface area contributed by atoms with Crippen LogP contribution < -0.4 is 5.32 Å². The van der Waals surface area contributed by atoms with Crippen LogP contribution in [0.2, 0.25) is 0 Å². The highest BCUT2D eigenvalue weighted by Gasteiger charge is 2.51. The monoisotopic (exact) mass is 936 g/mol. The zero-order chi connectivity index (χ0) is 47.1. The molecule has 1 aliphatic rings. The average Bonchev–Trinajstić information content (AvgIpc) is 3.28. The van der Waals surface area contributed by atoms with Crippen LogP contribution in [0, 0.1) is 0 Å². The predicted molar refractivity (Wildman–Crippen MR) is 260 cm³/mol. The summed E-state index contributed by atoms with van der Waals surface area (Å²) in [5.41, 5.74) is 0. The Bertz CT molecular complexity index is 1090. The fraction of sp³-hybridized carbons (Fsp3) is 0.980. The lowest BCUT2D eigenvalue weighted by atomic mass is 9.85. The lowest BCUT2D eigenvalue weighted by molar-refractivity contribution is -0.220. The van der Waals surface area contributed by atoms with Crippen LogP contribution in [-0.2, 0) is 18.4 Å². The second-order valence-electron chi connectivity index (χ2n) is 19.4. The van der Waals surface area contributed by atoms with E-state index in [2.05, 4.69) is 19.2 Å². The Balaban J connectivity index is 2.33. The fourth-order valence-electron chi connectivity index (χ4n) is 9.03. The first-order valence-electron chi connectivity index (χ1n) is 27.0. The highest BCUT2D eigenvalue weighted by molar-refractivity contribution is 7.47. The first kappa shape index (κ1) is 61.4. The van der Waals surface area contributed by atoms with E-state index in [1.165, 1.54) is 186 Å². The van der Waals surface area contributed by atoms with Gasteiger partial charge in [0.05, 0.1) is 18.8 Å². The van der Waals surface area contributed by atoms with E-state index in [1.54, 1.807) is 0 Å². The van der Waals surface area contributed by atoms with Crippen LogP contribution in [0.4, 0.5) is 0 Å². The molecule has 6 unspecified atom stereocenters. The number of unbranched alkanes of at least 4 members (excludes halogenated alkanes) is 35. The third-order valence-electron chi connectivity index (χ3n) is 13.4. The summed E-state index contributed by atoms with van der Waals surface area (Å²) in [7, 11) is -5.05. The van der Waals surface area contributed by atoms with Crippen LogP contribution in [0.5, 0.6) is 0 Å². The van der Waals surface area contributed by atoms with E-state index < -0.39 is 63.2 Å². The van der Waals surface area contributed by atoms with Gasteiger partial charge in [-0.2, -0.15) is 0 Å². The average molecular weight is 936 g/mol. The molecule has 1 saturated carbocycles. The van der Waals surface area contributed by atoms with Gasteiger partial charge in [-0.05, 0) is 12.8 Å². The summed E-state index contributed by atoms with van der Waals surface area (Å²) in [6.07, 6.45) is 34.2. The number of phosphoric acid groups is 1. The van der Waals surface area contributed by atoms with E-state index in [9.17, 15) is 44.9 Å². The predicted octanol–water partition coefficient (Wildman–Crippen LogP) is 11.4. The largest absolute Gasteiger partial charge is 0.472 e. The zero-order valence-electron chi connectivity index (χ0n) is 41.1. The molecule has 0 spiro atoms. The number of nitrogens with one attached hydrogen (secondary N) is 1. The second-order valence-corrected chi connectivity index (χ2v) is 20.8. The van der Waals surface area contributed by atoms with Crippen molar-refractivity contribution in [3.63, 3.8) is 0 Å². The molecular formula is C51H102NO11P. The summed E-state index contributed by atoms with van der Waals surface area (Å²) >= 11 is 0. The van der Waals surface area contributed by atoms with E-state index in [1.807, 2.05) is 0 Å². The molecule has 1 fully saturated rings. The van der Waals surface area contributed by atoms with Crippen molar-refractivity contribution in [2.45, 2.75) is 313 Å². The van der Waals surface area contributed by atoms with Crippen molar-refractivity contribution in [3.8, 4) is 0 Å². The topological polar surface area (TPSA) is 206 Å². The van der Waals surface area contributed by atoms with Gasteiger partial charge in [0.15, 0.2) is 0 Å². The van der Waals surface area contributed by atoms with Crippen molar-refractivity contribution in [2.75, 3.05) is 6.61 Å². The Hall–Kier alpha value is -0.660. The van der Waals surface area contributed by atoms with Crippen molar-refractivity contribution in [1.29, 1.82) is 0 Å². The van der Waals surface area contributed by atoms with Crippen molar-refractivity contribution < 1.29 is 53.9 Å². The van der Waals surface area contributed by atoms with E-state index in [-0.39, 0.29) is 12.3 Å². The maximum absolute atomic E-state index is 13.0. The molecule has 64 heavy (non-hydrogen) atoms. The van der Waals surface area contributed by atoms with Crippen molar-refractivity contribution in [2.24, 2.45) is 0 Å². The number of hydrogen-bond acceptors (Lipinski definition) is 10. The molecule has 1 aliphatic carbocycles. The van der Waals surface area contributed by atoms with Gasteiger partial charge in [0, 0.05) is 6.42 Å². The lowest BCUT2D eigenvalue weighted by Crippen LogP contribution is -2.64. The number of carbonyl (C=O) groups excluding carboxylic acids is 1. The molecule has 0 saturated heterocycles. The number of aliphatic hydroxyl groups is 6. The summed E-state index contributed by atoms with van der Waals surface area (Å²) < 4.78 is 23.0. The first-order valence-corrected chi connectivity index (χ1v) is 28.5.